The van der Waals surface area contributed by atoms with Gasteiger partial charge < -0.3 is 19.4 Å². The van der Waals surface area contributed by atoms with Crippen molar-refractivity contribution in [2.75, 3.05) is 57.4 Å². The fourth-order valence-electron chi connectivity index (χ4n) is 3.90. The summed E-state index contributed by atoms with van der Waals surface area (Å²) >= 11 is 1.50. The summed E-state index contributed by atoms with van der Waals surface area (Å²) in [5.74, 6) is 2.29. The van der Waals surface area contributed by atoms with Gasteiger partial charge in [0.1, 0.15) is 11.6 Å². The third kappa shape index (κ3) is 7.06. The third-order valence-corrected chi connectivity index (χ3v) is 6.76. The van der Waals surface area contributed by atoms with E-state index < -0.39 is 0 Å². The van der Waals surface area contributed by atoms with Crippen LogP contribution in [0.2, 0.25) is 0 Å². The Hall–Kier alpha value is -2.88. The Labute approximate surface area is 211 Å². The minimum Gasteiger partial charge on any atom is -0.455 e. The molecule has 1 fully saturated rings. The van der Waals surface area contributed by atoms with Crippen LogP contribution in [0.25, 0.3) is 11.3 Å². The quantitative estimate of drug-likeness (QED) is 0.316. The smallest absolute Gasteiger partial charge is 0.287 e. The van der Waals surface area contributed by atoms with Crippen molar-refractivity contribution in [3.63, 3.8) is 0 Å². The van der Waals surface area contributed by atoms with Gasteiger partial charge >= 0.3 is 0 Å². The van der Waals surface area contributed by atoms with Crippen LogP contribution in [0.15, 0.2) is 58.1 Å². The van der Waals surface area contributed by atoms with Gasteiger partial charge in [0.05, 0.1) is 24.7 Å². The number of ether oxygens (including phenoxy) is 1. The second-order valence-electron chi connectivity index (χ2n) is 8.20. The Morgan fingerprint density at radius 2 is 1.86 bits per heavy atom. The van der Waals surface area contributed by atoms with Crippen LogP contribution in [-0.2, 0) is 10.5 Å². The third-order valence-electron chi connectivity index (χ3n) is 5.90. The number of rotatable bonds is 11. The lowest BCUT2D eigenvalue weighted by Gasteiger charge is -2.26. The summed E-state index contributed by atoms with van der Waals surface area (Å²) in [5.41, 5.74) is 1.95. The molecule has 0 saturated carbocycles. The van der Waals surface area contributed by atoms with Crippen LogP contribution in [0.1, 0.15) is 30.2 Å². The molecule has 9 heteroatoms. The van der Waals surface area contributed by atoms with Gasteiger partial charge in [0.25, 0.3) is 5.91 Å². The second-order valence-corrected chi connectivity index (χ2v) is 9.14. The Morgan fingerprint density at radius 3 is 2.60 bits per heavy atom. The summed E-state index contributed by atoms with van der Waals surface area (Å²) in [6, 6.07) is 15.7. The molecule has 0 bridgehead atoms. The van der Waals surface area contributed by atoms with E-state index in [1.54, 1.807) is 6.07 Å². The van der Waals surface area contributed by atoms with Crippen molar-refractivity contribution in [3.8, 4) is 11.3 Å². The molecule has 1 aliphatic rings. The molecule has 1 amide bonds. The summed E-state index contributed by atoms with van der Waals surface area (Å²) in [6.07, 6.45) is 0. The molecule has 0 unspecified atom stereocenters. The fourth-order valence-corrected chi connectivity index (χ4v) is 4.64. The molecule has 0 radical (unpaired) electrons. The van der Waals surface area contributed by atoms with Crippen LogP contribution in [0.4, 0.5) is 5.82 Å². The maximum atomic E-state index is 12.5. The highest BCUT2D eigenvalue weighted by Crippen LogP contribution is 2.27. The van der Waals surface area contributed by atoms with Crippen molar-refractivity contribution < 1.29 is 13.9 Å². The van der Waals surface area contributed by atoms with Crippen LogP contribution in [-0.4, -0.2) is 73.3 Å². The number of thioether (sulfide) groups is 1. The number of morpholine rings is 1. The summed E-state index contributed by atoms with van der Waals surface area (Å²) < 4.78 is 11.2. The predicted octanol–water partition coefficient (Wildman–Crippen LogP) is 3.94. The van der Waals surface area contributed by atoms with E-state index in [4.69, 9.17) is 19.1 Å². The summed E-state index contributed by atoms with van der Waals surface area (Å²) in [4.78, 5) is 26.5. The molecule has 1 aromatic carbocycles. The molecule has 1 aliphatic heterocycles. The zero-order chi connectivity index (χ0) is 24.5. The first-order valence-corrected chi connectivity index (χ1v) is 13.1. The van der Waals surface area contributed by atoms with Gasteiger partial charge in [0.15, 0.2) is 10.9 Å². The van der Waals surface area contributed by atoms with E-state index in [9.17, 15) is 4.79 Å². The molecule has 3 aromatic rings. The van der Waals surface area contributed by atoms with Gasteiger partial charge in [-0.1, -0.05) is 42.1 Å². The summed E-state index contributed by atoms with van der Waals surface area (Å²) in [7, 11) is 0. The number of hydrogen-bond donors (Lipinski definition) is 1. The van der Waals surface area contributed by atoms with Crippen LogP contribution < -0.4 is 10.2 Å². The largest absolute Gasteiger partial charge is 0.455 e. The SMILES string of the molecule is CCN(CC)c1cc(-c2ccccc2)nc(SCc2ccc(C(=O)NCCN3CCOCC3)o2)n1. The van der Waals surface area contributed by atoms with Crippen LogP contribution in [0.3, 0.4) is 0 Å². The highest BCUT2D eigenvalue weighted by Gasteiger charge is 2.15. The minimum absolute atomic E-state index is 0.194. The Bertz CT molecular complexity index is 1080. The lowest BCUT2D eigenvalue weighted by Crippen LogP contribution is -2.41. The van der Waals surface area contributed by atoms with Crippen LogP contribution in [0, 0.1) is 0 Å². The number of carbonyl (C=O) groups excluding carboxylic acids is 1. The normalized spacial score (nSPS) is 14.1. The molecule has 8 nitrogen and oxygen atoms in total. The standard InChI is InChI=1S/C26H33N5O3S/c1-3-31(4-2)24-18-22(20-8-6-5-7-9-20)28-26(29-24)35-19-21-10-11-23(34-21)25(32)27-12-13-30-14-16-33-17-15-30/h5-11,18H,3-4,12-17,19H2,1-2H3,(H,27,32). The van der Waals surface area contributed by atoms with Crippen LogP contribution >= 0.6 is 11.8 Å². The molecular weight excluding hydrogens is 462 g/mol. The van der Waals surface area contributed by atoms with Crippen LogP contribution in [0.5, 0.6) is 0 Å². The Balaban J connectivity index is 1.38. The fraction of sp³-hybridized carbons (Fsp3) is 0.423. The first kappa shape index (κ1) is 25.2. The van der Waals surface area contributed by atoms with Gasteiger partial charge in [-0.25, -0.2) is 9.97 Å². The van der Waals surface area contributed by atoms with E-state index >= 15 is 0 Å². The van der Waals surface area contributed by atoms with E-state index in [2.05, 4.69) is 41.1 Å². The number of carbonyl (C=O) groups is 1. The number of benzene rings is 1. The van der Waals surface area contributed by atoms with E-state index in [1.165, 1.54) is 11.8 Å². The van der Waals surface area contributed by atoms with Gasteiger partial charge in [-0.05, 0) is 26.0 Å². The molecule has 2 aromatic heterocycles. The average molecular weight is 496 g/mol. The molecule has 3 heterocycles. The van der Waals surface area contributed by atoms with Gasteiger partial charge in [-0.3, -0.25) is 9.69 Å². The van der Waals surface area contributed by atoms with E-state index in [1.807, 2.05) is 30.3 Å². The van der Waals surface area contributed by atoms with E-state index in [0.29, 0.717) is 29.0 Å². The molecule has 1 saturated heterocycles. The number of anilines is 1. The van der Waals surface area contributed by atoms with E-state index in [-0.39, 0.29) is 5.91 Å². The average Bonchev–Trinajstić information content (AvgIpc) is 3.39. The van der Waals surface area contributed by atoms with Crippen molar-refractivity contribution >= 4 is 23.5 Å². The van der Waals surface area contributed by atoms with Crippen molar-refractivity contribution in [2.24, 2.45) is 0 Å². The maximum absolute atomic E-state index is 12.5. The van der Waals surface area contributed by atoms with Crippen molar-refractivity contribution in [1.29, 1.82) is 0 Å². The van der Waals surface area contributed by atoms with Crippen molar-refractivity contribution in [3.05, 3.63) is 60.1 Å². The molecule has 1 N–H and O–H groups in total. The zero-order valence-corrected chi connectivity index (χ0v) is 21.2. The first-order chi connectivity index (χ1) is 17.2. The highest BCUT2D eigenvalue weighted by molar-refractivity contribution is 7.98. The van der Waals surface area contributed by atoms with Gasteiger partial charge in [0.2, 0.25) is 0 Å². The molecule has 4 rings (SSSR count). The predicted molar refractivity (Wildman–Crippen MR) is 139 cm³/mol. The Morgan fingerprint density at radius 1 is 1.09 bits per heavy atom. The molecule has 35 heavy (non-hydrogen) atoms. The first-order valence-electron chi connectivity index (χ1n) is 12.2. The van der Waals surface area contributed by atoms with Crippen molar-refractivity contribution in [2.45, 2.75) is 24.8 Å². The maximum Gasteiger partial charge on any atom is 0.287 e. The second kappa shape index (κ2) is 12.7. The highest BCUT2D eigenvalue weighted by atomic mass is 32.2. The lowest BCUT2D eigenvalue weighted by molar-refractivity contribution is 0.0382. The van der Waals surface area contributed by atoms with Gasteiger partial charge in [0, 0.05) is 50.9 Å². The molecule has 0 aliphatic carbocycles. The van der Waals surface area contributed by atoms with Crippen molar-refractivity contribution in [1.82, 2.24) is 20.2 Å². The minimum atomic E-state index is -0.194. The Kier molecular flexibility index (Phi) is 9.16. The molecule has 0 atom stereocenters. The van der Waals surface area contributed by atoms with Gasteiger partial charge in [-0.15, -0.1) is 0 Å². The summed E-state index contributed by atoms with van der Waals surface area (Å²) in [5, 5.41) is 3.62. The zero-order valence-electron chi connectivity index (χ0n) is 20.4. The topological polar surface area (TPSA) is 83.7 Å². The lowest BCUT2D eigenvalue weighted by atomic mass is 10.1. The summed E-state index contributed by atoms with van der Waals surface area (Å²) in [6.45, 7) is 10.7. The number of aromatic nitrogens is 2. The van der Waals surface area contributed by atoms with E-state index in [0.717, 1.165) is 63.0 Å². The number of nitrogens with one attached hydrogen (secondary N) is 1. The molecule has 186 valence electrons. The number of hydrogen-bond acceptors (Lipinski definition) is 8. The number of furan rings is 1. The number of amides is 1. The number of nitrogens with zero attached hydrogens (tertiary/aromatic N) is 4. The molecule has 0 spiro atoms. The van der Waals surface area contributed by atoms with Gasteiger partial charge in [-0.2, -0.15) is 0 Å². The monoisotopic (exact) mass is 495 g/mol. The molecular formula is C26H33N5O3S.